The number of aliphatic imine (C=N–C) groups is 1. The highest BCUT2D eigenvalue weighted by Gasteiger charge is 2.16. The molecule has 0 unspecified atom stereocenters. The molecule has 24 heavy (non-hydrogen) atoms. The number of rotatable bonds is 6. The molecule has 1 aromatic rings. The Morgan fingerprint density at radius 1 is 1.21 bits per heavy atom. The summed E-state index contributed by atoms with van der Waals surface area (Å²) in [5.41, 5.74) is 0.738. The first-order chi connectivity index (χ1) is 11.2. The van der Waals surface area contributed by atoms with E-state index in [4.69, 9.17) is 0 Å². The topological polar surface area (TPSA) is 39.7 Å². The SMILES string of the molecule is CN=C(NCCc1ccccc1F)NCCC1CCN(C)CC1.I. The Morgan fingerprint density at radius 2 is 1.88 bits per heavy atom. The molecule has 1 aromatic carbocycles. The van der Waals surface area contributed by atoms with Gasteiger partial charge < -0.3 is 15.5 Å². The van der Waals surface area contributed by atoms with E-state index in [9.17, 15) is 4.39 Å². The lowest BCUT2D eigenvalue weighted by Crippen LogP contribution is -2.40. The standard InChI is InChI=1S/C18H29FN4.HI/c1-20-18(21-11-7-15-9-13-23(2)14-10-15)22-12-8-16-5-3-4-6-17(16)19;/h3-6,15H,7-14H2,1-2H3,(H2,20,21,22);1H. The van der Waals surface area contributed by atoms with Crippen molar-refractivity contribution in [3.8, 4) is 0 Å². The van der Waals surface area contributed by atoms with Gasteiger partial charge in [-0.1, -0.05) is 18.2 Å². The fraction of sp³-hybridized carbons (Fsp3) is 0.611. The molecule has 0 radical (unpaired) electrons. The van der Waals surface area contributed by atoms with Gasteiger partial charge >= 0.3 is 0 Å². The molecule has 136 valence electrons. The highest BCUT2D eigenvalue weighted by atomic mass is 127. The summed E-state index contributed by atoms with van der Waals surface area (Å²) < 4.78 is 13.6. The van der Waals surface area contributed by atoms with Gasteiger partial charge in [0.2, 0.25) is 0 Å². The number of likely N-dealkylation sites (tertiary alicyclic amines) is 1. The summed E-state index contributed by atoms with van der Waals surface area (Å²) in [5.74, 6) is 1.48. The third-order valence-corrected chi connectivity index (χ3v) is 4.55. The van der Waals surface area contributed by atoms with Crippen LogP contribution in [0.15, 0.2) is 29.3 Å². The van der Waals surface area contributed by atoms with Gasteiger partial charge in [-0.15, -0.1) is 24.0 Å². The van der Waals surface area contributed by atoms with Gasteiger partial charge in [0.1, 0.15) is 5.82 Å². The Labute approximate surface area is 162 Å². The van der Waals surface area contributed by atoms with E-state index >= 15 is 0 Å². The van der Waals surface area contributed by atoms with Crippen LogP contribution in [-0.4, -0.2) is 51.1 Å². The van der Waals surface area contributed by atoms with Gasteiger partial charge in [-0.2, -0.15) is 0 Å². The molecule has 1 fully saturated rings. The van der Waals surface area contributed by atoms with Crippen LogP contribution >= 0.6 is 24.0 Å². The fourth-order valence-corrected chi connectivity index (χ4v) is 2.98. The molecule has 0 atom stereocenters. The van der Waals surface area contributed by atoms with E-state index in [0.29, 0.717) is 13.0 Å². The van der Waals surface area contributed by atoms with Crippen molar-refractivity contribution < 1.29 is 4.39 Å². The number of benzene rings is 1. The summed E-state index contributed by atoms with van der Waals surface area (Å²) >= 11 is 0. The maximum Gasteiger partial charge on any atom is 0.190 e. The molecule has 1 saturated heterocycles. The van der Waals surface area contributed by atoms with Crippen molar-refractivity contribution in [3.63, 3.8) is 0 Å². The van der Waals surface area contributed by atoms with Crippen LogP contribution in [0.2, 0.25) is 0 Å². The second-order valence-electron chi connectivity index (χ2n) is 6.30. The molecule has 6 heteroatoms. The normalized spacial score (nSPS) is 16.5. The number of hydrogen-bond acceptors (Lipinski definition) is 2. The molecule has 1 aliphatic heterocycles. The average molecular weight is 448 g/mol. The summed E-state index contributed by atoms with van der Waals surface area (Å²) in [4.78, 5) is 6.62. The van der Waals surface area contributed by atoms with Crippen molar-refractivity contribution in [2.75, 3.05) is 40.3 Å². The Morgan fingerprint density at radius 3 is 2.54 bits per heavy atom. The Balaban J connectivity index is 0.00000288. The van der Waals surface area contributed by atoms with Crippen molar-refractivity contribution >= 4 is 29.9 Å². The predicted octanol–water partition coefficient (Wildman–Crippen LogP) is 2.88. The number of nitrogens with zero attached hydrogens (tertiary/aromatic N) is 2. The van der Waals surface area contributed by atoms with Crippen LogP contribution < -0.4 is 10.6 Å². The lowest BCUT2D eigenvalue weighted by molar-refractivity contribution is 0.213. The van der Waals surface area contributed by atoms with Gasteiger partial charge in [0.15, 0.2) is 5.96 Å². The van der Waals surface area contributed by atoms with E-state index in [1.165, 1.54) is 38.4 Å². The van der Waals surface area contributed by atoms with E-state index in [1.807, 2.05) is 12.1 Å². The molecule has 0 amide bonds. The van der Waals surface area contributed by atoms with Gasteiger partial charge in [-0.05, 0) is 63.4 Å². The predicted molar refractivity (Wildman–Crippen MR) is 110 cm³/mol. The quantitative estimate of drug-likeness (QED) is 0.400. The molecular weight excluding hydrogens is 418 g/mol. The van der Waals surface area contributed by atoms with Crippen molar-refractivity contribution in [3.05, 3.63) is 35.6 Å². The van der Waals surface area contributed by atoms with Gasteiger partial charge in [-0.3, -0.25) is 4.99 Å². The maximum absolute atomic E-state index is 13.6. The van der Waals surface area contributed by atoms with Crippen LogP contribution in [0.5, 0.6) is 0 Å². The number of nitrogens with one attached hydrogen (secondary N) is 2. The summed E-state index contributed by atoms with van der Waals surface area (Å²) in [6.07, 6.45) is 4.42. The van der Waals surface area contributed by atoms with Crippen molar-refractivity contribution in [2.45, 2.75) is 25.7 Å². The first-order valence-corrected chi connectivity index (χ1v) is 8.55. The van der Waals surface area contributed by atoms with Crippen molar-refractivity contribution in [2.24, 2.45) is 10.9 Å². The molecule has 1 heterocycles. The van der Waals surface area contributed by atoms with Crippen LogP contribution in [0.1, 0.15) is 24.8 Å². The zero-order valence-corrected chi connectivity index (χ0v) is 17.1. The third kappa shape index (κ3) is 7.34. The molecule has 2 rings (SSSR count). The number of halogens is 2. The first-order valence-electron chi connectivity index (χ1n) is 8.55. The second kappa shape index (κ2) is 11.6. The average Bonchev–Trinajstić information content (AvgIpc) is 2.57. The second-order valence-corrected chi connectivity index (χ2v) is 6.30. The zero-order valence-electron chi connectivity index (χ0n) is 14.7. The maximum atomic E-state index is 13.6. The minimum atomic E-state index is -0.139. The van der Waals surface area contributed by atoms with E-state index in [2.05, 4.69) is 27.6 Å². The Bertz CT molecular complexity index is 502. The van der Waals surface area contributed by atoms with Crippen LogP contribution in [0.25, 0.3) is 0 Å². The molecule has 4 nitrogen and oxygen atoms in total. The van der Waals surface area contributed by atoms with Crippen molar-refractivity contribution in [1.29, 1.82) is 0 Å². The number of piperidine rings is 1. The molecule has 2 N–H and O–H groups in total. The molecule has 0 bridgehead atoms. The number of hydrogen-bond donors (Lipinski definition) is 2. The Hall–Kier alpha value is -0.890. The minimum Gasteiger partial charge on any atom is -0.356 e. The highest BCUT2D eigenvalue weighted by Crippen LogP contribution is 2.18. The lowest BCUT2D eigenvalue weighted by Gasteiger charge is -2.29. The van der Waals surface area contributed by atoms with E-state index in [1.54, 1.807) is 13.1 Å². The summed E-state index contributed by atoms with van der Waals surface area (Å²) in [5, 5.41) is 6.61. The van der Waals surface area contributed by atoms with Gasteiger partial charge in [0, 0.05) is 20.1 Å². The third-order valence-electron chi connectivity index (χ3n) is 4.55. The van der Waals surface area contributed by atoms with Gasteiger partial charge in [0.25, 0.3) is 0 Å². The fourth-order valence-electron chi connectivity index (χ4n) is 2.98. The molecule has 0 saturated carbocycles. The molecular formula is C18H30FIN4. The van der Waals surface area contributed by atoms with Gasteiger partial charge in [-0.25, -0.2) is 4.39 Å². The molecule has 0 aromatic heterocycles. The molecule has 0 aliphatic carbocycles. The van der Waals surface area contributed by atoms with E-state index in [-0.39, 0.29) is 29.8 Å². The molecule has 1 aliphatic rings. The summed E-state index contributed by atoms with van der Waals surface area (Å²) in [6, 6.07) is 6.92. The van der Waals surface area contributed by atoms with E-state index < -0.39 is 0 Å². The molecule has 0 spiro atoms. The first kappa shape index (κ1) is 21.2. The lowest BCUT2D eigenvalue weighted by atomic mass is 9.94. The Kier molecular flexibility index (Phi) is 10.2. The number of guanidine groups is 1. The van der Waals surface area contributed by atoms with Crippen LogP contribution in [-0.2, 0) is 6.42 Å². The monoisotopic (exact) mass is 448 g/mol. The highest BCUT2D eigenvalue weighted by molar-refractivity contribution is 14.0. The minimum absolute atomic E-state index is 0. The largest absolute Gasteiger partial charge is 0.356 e. The van der Waals surface area contributed by atoms with Crippen molar-refractivity contribution in [1.82, 2.24) is 15.5 Å². The smallest absolute Gasteiger partial charge is 0.190 e. The summed E-state index contributed by atoms with van der Waals surface area (Å²) in [6.45, 7) is 4.03. The van der Waals surface area contributed by atoms with Gasteiger partial charge in [0.05, 0.1) is 0 Å². The van der Waals surface area contributed by atoms with Crippen LogP contribution in [0.4, 0.5) is 4.39 Å². The van der Waals surface area contributed by atoms with Crippen LogP contribution in [0.3, 0.4) is 0 Å². The van der Waals surface area contributed by atoms with E-state index in [0.717, 1.165) is 24.0 Å². The van der Waals surface area contributed by atoms with Crippen LogP contribution in [0, 0.1) is 11.7 Å². The summed E-state index contributed by atoms with van der Waals surface area (Å²) in [7, 11) is 3.96. The zero-order chi connectivity index (χ0) is 16.5.